The first kappa shape index (κ1) is 17.0. The summed E-state index contributed by atoms with van der Waals surface area (Å²) in [5.74, 6) is 0.0289. The first-order chi connectivity index (χ1) is 11.9. The number of nitrogens with one attached hydrogen (secondary N) is 2. The van der Waals surface area contributed by atoms with Gasteiger partial charge in [0.2, 0.25) is 5.91 Å². The number of nitrogens with zero attached hydrogens (tertiary/aromatic N) is 1. The third-order valence-electron chi connectivity index (χ3n) is 4.53. The third-order valence-corrected chi connectivity index (χ3v) is 4.53. The Kier molecular flexibility index (Phi) is 4.74. The number of anilines is 2. The van der Waals surface area contributed by atoms with Crippen LogP contribution in [-0.4, -0.2) is 24.5 Å². The molecule has 3 rings (SSSR count). The van der Waals surface area contributed by atoms with Gasteiger partial charge in [-0.2, -0.15) is 0 Å². The highest BCUT2D eigenvalue weighted by atomic mass is 16.2. The van der Waals surface area contributed by atoms with E-state index < -0.39 is 0 Å². The van der Waals surface area contributed by atoms with Gasteiger partial charge in [-0.1, -0.05) is 35.9 Å². The van der Waals surface area contributed by atoms with Crippen LogP contribution in [0.3, 0.4) is 0 Å². The molecule has 1 saturated heterocycles. The van der Waals surface area contributed by atoms with Crippen molar-refractivity contribution in [2.75, 3.05) is 16.8 Å². The Balaban J connectivity index is 1.63. The molecule has 1 atom stereocenters. The smallest absolute Gasteiger partial charge is 0.319 e. The van der Waals surface area contributed by atoms with Gasteiger partial charge < -0.3 is 15.5 Å². The zero-order chi connectivity index (χ0) is 18.0. The molecule has 1 heterocycles. The molecule has 25 heavy (non-hydrogen) atoms. The molecule has 2 aromatic rings. The van der Waals surface area contributed by atoms with Crippen molar-refractivity contribution in [2.45, 2.75) is 33.2 Å². The van der Waals surface area contributed by atoms with Crippen molar-refractivity contribution in [3.8, 4) is 0 Å². The van der Waals surface area contributed by atoms with Crippen LogP contribution in [0.4, 0.5) is 16.2 Å². The second kappa shape index (κ2) is 6.97. The van der Waals surface area contributed by atoms with Crippen LogP contribution in [-0.2, 0) is 4.79 Å². The van der Waals surface area contributed by atoms with Crippen molar-refractivity contribution in [3.63, 3.8) is 0 Å². The third kappa shape index (κ3) is 3.82. The van der Waals surface area contributed by atoms with Crippen LogP contribution in [0.25, 0.3) is 0 Å². The lowest BCUT2D eigenvalue weighted by Gasteiger charge is -2.18. The molecule has 5 nitrogen and oxygen atoms in total. The molecule has 5 heteroatoms. The van der Waals surface area contributed by atoms with Crippen LogP contribution >= 0.6 is 0 Å². The van der Waals surface area contributed by atoms with E-state index in [9.17, 15) is 9.59 Å². The molecule has 0 aromatic heterocycles. The number of hydrogen-bond donors (Lipinski definition) is 2. The van der Waals surface area contributed by atoms with E-state index in [0.29, 0.717) is 13.0 Å². The number of carbonyl (C=O) groups is 2. The largest absolute Gasteiger partial charge is 0.333 e. The summed E-state index contributed by atoms with van der Waals surface area (Å²) in [4.78, 5) is 26.3. The van der Waals surface area contributed by atoms with Crippen LogP contribution < -0.4 is 15.5 Å². The van der Waals surface area contributed by atoms with Gasteiger partial charge in [0.25, 0.3) is 0 Å². The first-order valence-corrected chi connectivity index (χ1v) is 8.45. The summed E-state index contributed by atoms with van der Waals surface area (Å²) in [5.41, 5.74) is 4.87. The highest BCUT2D eigenvalue weighted by molar-refractivity contribution is 5.98. The van der Waals surface area contributed by atoms with Crippen LogP contribution in [0, 0.1) is 20.8 Å². The summed E-state index contributed by atoms with van der Waals surface area (Å²) < 4.78 is 0. The van der Waals surface area contributed by atoms with Crippen molar-refractivity contribution < 1.29 is 9.59 Å². The van der Waals surface area contributed by atoms with E-state index in [1.165, 1.54) is 0 Å². The summed E-state index contributed by atoms with van der Waals surface area (Å²) in [6, 6.07) is 13.2. The lowest BCUT2D eigenvalue weighted by molar-refractivity contribution is -0.117. The number of amides is 3. The maximum Gasteiger partial charge on any atom is 0.319 e. The normalized spacial score (nSPS) is 16.8. The summed E-state index contributed by atoms with van der Waals surface area (Å²) in [5, 5.41) is 5.81. The van der Waals surface area contributed by atoms with Gasteiger partial charge in [0.15, 0.2) is 0 Å². The Morgan fingerprint density at radius 3 is 2.32 bits per heavy atom. The summed E-state index contributed by atoms with van der Waals surface area (Å²) in [6.45, 7) is 6.42. The molecule has 1 unspecified atom stereocenters. The maximum atomic E-state index is 12.3. The average Bonchev–Trinajstić information content (AvgIpc) is 2.92. The van der Waals surface area contributed by atoms with Crippen molar-refractivity contribution in [1.29, 1.82) is 0 Å². The van der Waals surface area contributed by atoms with Gasteiger partial charge in [-0.05, 0) is 44.0 Å². The van der Waals surface area contributed by atoms with E-state index in [4.69, 9.17) is 0 Å². The molecule has 130 valence electrons. The fraction of sp³-hybridized carbons (Fsp3) is 0.300. The number of urea groups is 1. The minimum absolute atomic E-state index is 0.0289. The Morgan fingerprint density at radius 2 is 1.68 bits per heavy atom. The van der Waals surface area contributed by atoms with E-state index >= 15 is 0 Å². The van der Waals surface area contributed by atoms with Gasteiger partial charge in [-0.25, -0.2) is 4.79 Å². The summed E-state index contributed by atoms with van der Waals surface area (Å²) in [6.07, 6.45) is 0.314. The predicted octanol–water partition coefficient (Wildman–Crippen LogP) is 3.54. The van der Waals surface area contributed by atoms with Crippen LogP contribution in [0.5, 0.6) is 0 Å². The molecule has 2 aromatic carbocycles. The van der Waals surface area contributed by atoms with Gasteiger partial charge in [0.1, 0.15) is 0 Å². The highest BCUT2D eigenvalue weighted by Gasteiger charge is 2.31. The van der Waals surface area contributed by atoms with Crippen molar-refractivity contribution in [2.24, 2.45) is 0 Å². The molecule has 0 bridgehead atoms. The fourth-order valence-electron chi connectivity index (χ4n) is 3.13. The molecule has 0 saturated carbocycles. The number of para-hydroxylation sites is 1. The van der Waals surface area contributed by atoms with Crippen molar-refractivity contribution in [1.82, 2.24) is 5.32 Å². The Bertz CT molecular complexity index is 779. The standard InChI is InChI=1S/C20H23N3O2/c1-13-7-9-17(10-8-13)23-12-16(11-18(23)24)21-20(25)22-19-14(2)5-4-6-15(19)3/h4-10,16H,11-12H2,1-3H3,(H2,21,22,25). The van der Waals surface area contributed by atoms with Crippen LogP contribution in [0.1, 0.15) is 23.1 Å². The molecule has 0 spiro atoms. The van der Waals surface area contributed by atoms with Gasteiger partial charge in [0.05, 0.1) is 6.04 Å². The van der Waals surface area contributed by atoms with Gasteiger partial charge in [-0.3, -0.25) is 4.79 Å². The Hall–Kier alpha value is -2.82. The van der Waals surface area contributed by atoms with Crippen LogP contribution in [0.15, 0.2) is 42.5 Å². The fourth-order valence-corrected chi connectivity index (χ4v) is 3.13. The number of rotatable bonds is 3. The van der Waals surface area contributed by atoms with Gasteiger partial charge in [0, 0.05) is 24.3 Å². The second-order valence-corrected chi connectivity index (χ2v) is 6.61. The van der Waals surface area contributed by atoms with E-state index in [2.05, 4.69) is 10.6 Å². The SMILES string of the molecule is Cc1ccc(N2CC(NC(=O)Nc3c(C)cccc3C)CC2=O)cc1. The molecule has 0 aliphatic carbocycles. The van der Waals surface area contributed by atoms with Crippen molar-refractivity contribution >= 4 is 23.3 Å². The minimum atomic E-state index is -0.277. The first-order valence-electron chi connectivity index (χ1n) is 8.45. The molecular weight excluding hydrogens is 314 g/mol. The number of benzene rings is 2. The van der Waals surface area contributed by atoms with E-state index in [1.54, 1.807) is 4.90 Å². The van der Waals surface area contributed by atoms with E-state index in [-0.39, 0.29) is 18.0 Å². The summed E-state index contributed by atoms with van der Waals surface area (Å²) in [7, 11) is 0. The maximum absolute atomic E-state index is 12.3. The topological polar surface area (TPSA) is 61.4 Å². The summed E-state index contributed by atoms with van der Waals surface area (Å²) >= 11 is 0. The van der Waals surface area contributed by atoms with Gasteiger partial charge >= 0.3 is 6.03 Å². The quantitative estimate of drug-likeness (QED) is 0.900. The van der Waals surface area contributed by atoms with Crippen molar-refractivity contribution in [3.05, 3.63) is 59.2 Å². The Morgan fingerprint density at radius 1 is 1.04 bits per heavy atom. The molecule has 2 N–H and O–H groups in total. The second-order valence-electron chi connectivity index (χ2n) is 6.61. The molecular formula is C20H23N3O2. The number of hydrogen-bond acceptors (Lipinski definition) is 2. The number of aryl methyl sites for hydroxylation is 3. The molecule has 1 fully saturated rings. The number of carbonyl (C=O) groups excluding carboxylic acids is 2. The molecule has 1 aliphatic rings. The zero-order valence-electron chi connectivity index (χ0n) is 14.8. The van der Waals surface area contributed by atoms with Crippen LogP contribution in [0.2, 0.25) is 0 Å². The lowest BCUT2D eigenvalue weighted by atomic mass is 10.1. The predicted molar refractivity (Wildman–Crippen MR) is 100 cm³/mol. The van der Waals surface area contributed by atoms with Gasteiger partial charge in [-0.15, -0.1) is 0 Å². The molecule has 3 amide bonds. The molecule has 1 aliphatic heterocycles. The highest BCUT2D eigenvalue weighted by Crippen LogP contribution is 2.23. The monoisotopic (exact) mass is 337 g/mol. The Labute approximate surface area is 148 Å². The molecule has 0 radical (unpaired) electrons. The lowest BCUT2D eigenvalue weighted by Crippen LogP contribution is -2.40. The zero-order valence-corrected chi connectivity index (χ0v) is 14.8. The minimum Gasteiger partial charge on any atom is -0.333 e. The van der Waals surface area contributed by atoms with E-state index in [1.807, 2.05) is 63.2 Å². The average molecular weight is 337 g/mol. The van der Waals surface area contributed by atoms with E-state index in [0.717, 1.165) is 28.1 Å².